The van der Waals surface area contributed by atoms with Crippen LogP contribution in [-0.2, 0) is 6.42 Å². The van der Waals surface area contributed by atoms with Gasteiger partial charge in [0.05, 0.1) is 6.10 Å². The molecule has 0 bridgehead atoms. The van der Waals surface area contributed by atoms with Gasteiger partial charge in [-0.05, 0) is 37.8 Å². The van der Waals surface area contributed by atoms with E-state index in [1.165, 1.54) is 31.2 Å². The van der Waals surface area contributed by atoms with Gasteiger partial charge in [0.1, 0.15) is 0 Å². The Morgan fingerprint density at radius 3 is 2.63 bits per heavy atom. The highest BCUT2D eigenvalue weighted by Gasteiger charge is 2.22. The second-order valence-electron chi connectivity index (χ2n) is 5.96. The highest BCUT2D eigenvalue weighted by atomic mass is 16.3. The summed E-state index contributed by atoms with van der Waals surface area (Å²) in [5, 5.41) is 10.2. The van der Waals surface area contributed by atoms with Gasteiger partial charge in [-0.3, -0.25) is 0 Å². The third-order valence-electron chi connectivity index (χ3n) is 4.29. The highest BCUT2D eigenvalue weighted by molar-refractivity contribution is 5.14. The van der Waals surface area contributed by atoms with Crippen LogP contribution < -0.4 is 0 Å². The van der Waals surface area contributed by atoms with Gasteiger partial charge in [0.15, 0.2) is 0 Å². The summed E-state index contributed by atoms with van der Waals surface area (Å²) in [6.07, 6.45) is 6.98. The largest absolute Gasteiger partial charge is 0.393 e. The van der Waals surface area contributed by atoms with Crippen LogP contribution in [-0.4, -0.2) is 36.2 Å². The van der Waals surface area contributed by atoms with Crippen molar-refractivity contribution in [1.82, 2.24) is 4.90 Å². The summed E-state index contributed by atoms with van der Waals surface area (Å²) < 4.78 is 0. The van der Waals surface area contributed by atoms with Gasteiger partial charge in [0, 0.05) is 13.1 Å². The van der Waals surface area contributed by atoms with Gasteiger partial charge in [0.25, 0.3) is 0 Å². The summed E-state index contributed by atoms with van der Waals surface area (Å²) in [6.45, 7) is 2.11. The molecule has 0 saturated heterocycles. The lowest BCUT2D eigenvalue weighted by Crippen LogP contribution is -2.33. The quantitative estimate of drug-likeness (QED) is 0.823. The molecule has 1 fully saturated rings. The maximum Gasteiger partial charge on any atom is 0.0580 e. The number of hydrogen-bond acceptors (Lipinski definition) is 2. The minimum Gasteiger partial charge on any atom is -0.393 e. The average Bonchev–Trinajstić information content (AvgIpc) is 2.63. The van der Waals surface area contributed by atoms with E-state index < -0.39 is 0 Å². The molecule has 2 heteroatoms. The summed E-state index contributed by atoms with van der Waals surface area (Å²) in [5.74, 6) is 0.475. The van der Waals surface area contributed by atoms with Crippen LogP contribution >= 0.6 is 0 Å². The third kappa shape index (κ3) is 4.96. The summed E-state index contributed by atoms with van der Waals surface area (Å²) >= 11 is 0. The zero-order chi connectivity index (χ0) is 13.5. The van der Waals surface area contributed by atoms with Crippen LogP contribution in [0.2, 0.25) is 0 Å². The molecule has 1 aromatic rings. The van der Waals surface area contributed by atoms with E-state index in [0.29, 0.717) is 5.92 Å². The molecule has 2 unspecified atom stereocenters. The molecule has 0 aromatic heterocycles. The normalized spacial score (nSPS) is 24.4. The molecule has 1 aliphatic rings. The standard InChI is InChI=1S/C17H27NO/c1-18(13-12-15-8-4-2-5-9-15)14-16-10-6-3-7-11-17(16)19/h2,4-5,8-9,16-17,19H,3,6-7,10-14H2,1H3. The molecule has 1 aliphatic carbocycles. The Kier molecular flexibility index (Phi) is 5.87. The summed E-state index contributed by atoms with van der Waals surface area (Å²) in [6, 6.07) is 10.6. The van der Waals surface area contributed by atoms with Crippen molar-refractivity contribution in [3.63, 3.8) is 0 Å². The van der Waals surface area contributed by atoms with E-state index in [4.69, 9.17) is 0 Å². The van der Waals surface area contributed by atoms with E-state index in [1.807, 2.05) is 0 Å². The van der Waals surface area contributed by atoms with Crippen molar-refractivity contribution in [3.8, 4) is 0 Å². The number of rotatable bonds is 5. The number of aliphatic hydroxyl groups is 1. The van der Waals surface area contributed by atoms with Crippen molar-refractivity contribution in [2.45, 2.75) is 44.6 Å². The number of likely N-dealkylation sites (N-methyl/N-ethyl adjacent to an activating group) is 1. The average molecular weight is 261 g/mol. The smallest absolute Gasteiger partial charge is 0.0580 e. The predicted molar refractivity (Wildman–Crippen MR) is 80.2 cm³/mol. The van der Waals surface area contributed by atoms with Crippen molar-refractivity contribution in [2.75, 3.05) is 20.1 Å². The Bertz CT molecular complexity index is 352. The van der Waals surface area contributed by atoms with Crippen LogP contribution in [0.25, 0.3) is 0 Å². The maximum atomic E-state index is 10.2. The first-order valence-electron chi connectivity index (χ1n) is 7.66. The van der Waals surface area contributed by atoms with Crippen molar-refractivity contribution < 1.29 is 5.11 Å². The van der Waals surface area contributed by atoms with E-state index >= 15 is 0 Å². The number of aliphatic hydroxyl groups excluding tert-OH is 1. The van der Waals surface area contributed by atoms with E-state index in [2.05, 4.69) is 42.3 Å². The molecule has 106 valence electrons. The molecule has 0 radical (unpaired) electrons. The lowest BCUT2D eigenvalue weighted by atomic mass is 9.96. The Morgan fingerprint density at radius 2 is 1.84 bits per heavy atom. The molecule has 2 nitrogen and oxygen atoms in total. The molecule has 0 spiro atoms. The molecule has 1 saturated carbocycles. The molecule has 1 N–H and O–H groups in total. The first kappa shape index (κ1) is 14.5. The lowest BCUT2D eigenvalue weighted by molar-refractivity contribution is 0.0797. The molecular weight excluding hydrogens is 234 g/mol. The number of benzene rings is 1. The van der Waals surface area contributed by atoms with E-state index in [-0.39, 0.29) is 6.10 Å². The molecule has 1 aromatic carbocycles. The Balaban J connectivity index is 1.75. The zero-order valence-corrected chi connectivity index (χ0v) is 12.1. The van der Waals surface area contributed by atoms with Crippen LogP contribution in [0.4, 0.5) is 0 Å². The molecule has 0 aliphatic heterocycles. The van der Waals surface area contributed by atoms with Gasteiger partial charge in [-0.15, -0.1) is 0 Å². The van der Waals surface area contributed by atoms with Gasteiger partial charge in [-0.2, -0.15) is 0 Å². The van der Waals surface area contributed by atoms with Gasteiger partial charge >= 0.3 is 0 Å². The van der Waals surface area contributed by atoms with Gasteiger partial charge in [-0.1, -0.05) is 49.6 Å². The minimum atomic E-state index is -0.0818. The third-order valence-corrected chi connectivity index (χ3v) is 4.29. The second kappa shape index (κ2) is 7.66. The fraction of sp³-hybridized carbons (Fsp3) is 0.647. The molecule has 2 atom stereocenters. The van der Waals surface area contributed by atoms with Crippen LogP contribution in [0.3, 0.4) is 0 Å². The van der Waals surface area contributed by atoms with Gasteiger partial charge < -0.3 is 10.0 Å². The van der Waals surface area contributed by atoms with Gasteiger partial charge in [-0.25, -0.2) is 0 Å². The van der Waals surface area contributed by atoms with Crippen LogP contribution in [0, 0.1) is 5.92 Å². The highest BCUT2D eigenvalue weighted by Crippen LogP contribution is 2.24. The molecule has 2 rings (SSSR count). The molecule has 0 heterocycles. The Labute approximate surface area is 117 Å². The van der Waals surface area contributed by atoms with E-state index in [1.54, 1.807) is 0 Å². The first-order chi connectivity index (χ1) is 9.25. The van der Waals surface area contributed by atoms with Gasteiger partial charge in [0.2, 0.25) is 0 Å². The Hall–Kier alpha value is -0.860. The van der Waals surface area contributed by atoms with E-state index in [9.17, 15) is 5.11 Å². The van der Waals surface area contributed by atoms with Crippen molar-refractivity contribution >= 4 is 0 Å². The predicted octanol–water partition coefficient (Wildman–Crippen LogP) is 3.10. The topological polar surface area (TPSA) is 23.5 Å². The van der Waals surface area contributed by atoms with Crippen LogP contribution in [0.1, 0.15) is 37.7 Å². The second-order valence-corrected chi connectivity index (χ2v) is 5.96. The number of nitrogens with zero attached hydrogens (tertiary/aromatic N) is 1. The van der Waals surface area contributed by atoms with E-state index in [0.717, 1.165) is 25.9 Å². The minimum absolute atomic E-state index is 0.0818. The molecule has 19 heavy (non-hydrogen) atoms. The summed E-state index contributed by atoms with van der Waals surface area (Å²) in [4.78, 5) is 2.38. The summed E-state index contributed by atoms with van der Waals surface area (Å²) in [5.41, 5.74) is 1.40. The first-order valence-corrected chi connectivity index (χ1v) is 7.66. The summed E-state index contributed by atoms with van der Waals surface area (Å²) in [7, 11) is 2.18. The zero-order valence-electron chi connectivity index (χ0n) is 12.1. The maximum absolute atomic E-state index is 10.2. The fourth-order valence-electron chi connectivity index (χ4n) is 3.03. The Morgan fingerprint density at radius 1 is 1.11 bits per heavy atom. The molecule has 0 amide bonds. The molecular formula is C17H27NO. The lowest BCUT2D eigenvalue weighted by Gasteiger charge is -2.26. The number of hydrogen-bond donors (Lipinski definition) is 1. The van der Waals surface area contributed by atoms with Crippen LogP contribution in [0.5, 0.6) is 0 Å². The monoisotopic (exact) mass is 261 g/mol. The van der Waals surface area contributed by atoms with Crippen molar-refractivity contribution in [1.29, 1.82) is 0 Å². The van der Waals surface area contributed by atoms with Crippen molar-refractivity contribution in [2.24, 2.45) is 5.92 Å². The van der Waals surface area contributed by atoms with Crippen LogP contribution in [0.15, 0.2) is 30.3 Å². The SMILES string of the molecule is CN(CCc1ccccc1)CC1CCCCCC1O. The fourth-order valence-corrected chi connectivity index (χ4v) is 3.03. The van der Waals surface area contributed by atoms with Crippen molar-refractivity contribution in [3.05, 3.63) is 35.9 Å².